The zero-order valence-electron chi connectivity index (χ0n) is 11.9. The van der Waals surface area contributed by atoms with Crippen molar-refractivity contribution in [1.82, 2.24) is 5.32 Å². The molecule has 1 rings (SSSR count). The highest BCUT2D eigenvalue weighted by molar-refractivity contribution is 9.10. The van der Waals surface area contributed by atoms with E-state index in [0.29, 0.717) is 6.54 Å². The van der Waals surface area contributed by atoms with Crippen LogP contribution < -0.4 is 5.32 Å². The van der Waals surface area contributed by atoms with Crippen LogP contribution in [0.1, 0.15) is 39.3 Å². The van der Waals surface area contributed by atoms with Crippen molar-refractivity contribution < 1.29 is 8.42 Å². The van der Waals surface area contributed by atoms with E-state index < -0.39 is 14.6 Å². The van der Waals surface area contributed by atoms with Gasteiger partial charge in [-0.25, -0.2) is 8.42 Å². The first-order chi connectivity index (χ1) is 8.63. The molecule has 1 N–H and O–H groups in total. The van der Waals surface area contributed by atoms with Gasteiger partial charge in [0.05, 0.1) is 10.5 Å². The minimum absolute atomic E-state index is 0.132. The molecule has 5 heteroatoms. The lowest BCUT2D eigenvalue weighted by molar-refractivity contribution is 0.546. The highest BCUT2D eigenvalue weighted by Gasteiger charge is 2.28. The summed E-state index contributed by atoms with van der Waals surface area (Å²) in [6, 6.07) is 8.15. The summed E-state index contributed by atoms with van der Waals surface area (Å²) >= 11 is 3.43. The van der Waals surface area contributed by atoms with Crippen LogP contribution in [0, 0.1) is 0 Å². The van der Waals surface area contributed by atoms with Gasteiger partial charge in [0.25, 0.3) is 0 Å². The second kappa shape index (κ2) is 6.37. The molecule has 1 aromatic rings. The highest BCUT2D eigenvalue weighted by Crippen LogP contribution is 2.18. The van der Waals surface area contributed by atoms with Crippen LogP contribution in [-0.4, -0.2) is 25.5 Å². The zero-order chi connectivity index (χ0) is 14.7. The SMILES string of the molecule is C[C@H](NCCS(=O)(=O)C(C)(C)C)c1cccc(Br)c1. The van der Waals surface area contributed by atoms with Gasteiger partial charge in [-0.2, -0.15) is 0 Å². The third kappa shape index (κ3) is 4.89. The quantitative estimate of drug-likeness (QED) is 0.888. The number of halogens is 1. The molecule has 0 unspecified atom stereocenters. The summed E-state index contributed by atoms with van der Waals surface area (Å²) in [7, 11) is -3.06. The Morgan fingerprint density at radius 1 is 1.32 bits per heavy atom. The van der Waals surface area contributed by atoms with E-state index in [-0.39, 0.29) is 11.8 Å². The van der Waals surface area contributed by atoms with Gasteiger partial charge < -0.3 is 5.32 Å². The second-order valence-electron chi connectivity index (χ2n) is 5.66. The predicted octanol–water partition coefficient (Wildman–Crippen LogP) is 3.31. The molecule has 0 amide bonds. The van der Waals surface area contributed by atoms with Gasteiger partial charge in [0.2, 0.25) is 0 Å². The molecule has 0 aromatic heterocycles. The molecule has 0 saturated carbocycles. The Hall–Kier alpha value is -0.390. The average Bonchev–Trinajstić information content (AvgIpc) is 2.27. The lowest BCUT2D eigenvalue weighted by Crippen LogP contribution is -2.35. The van der Waals surface area contributed by atoms with E-state index in [1.807, 2.05) is 31.2 Å². The number of rotatable bonds is 5. The summed E-state index contributed by atoms with van der Waals surface area (Å²) in [6.45, 7) is 7.71. The van der Waals surface area contributed by atoms with E-state index in [1.54, 1.807) is 20.8 Å². The number of nitrogens with one attached hydrogen (secondary N) is 1. The van der Waals surface area contributed by atoms with Gasteiger partial charge in [-0.3, -0.25) is 0 Å². The molecular formula is C14H22BrNO2S. The Kier molecular flexibility index (Phi) is 5.59. The molecule has 1 aromatic carbocycles. The maximum atomic E-state index is 12.0. The van der Waals surface area contributed by atoms with E-state index in [9.17, 15) is 8.42 Å². The summed E-state index contributed by atoms with van der Waals surface area (Å²) in [5.41, 5.74) is 1.14. The number of hydrogen-bond donors (Lipinski definition) is 1. The van der Waals surface area contributed by atoms with Crippen molar-refractivity contribution in [2.24, 2.45) is 0 Å². The molecular weight excluding hydrogens is 326 g/mol. The Morgan fingerprint density at radius 3 is 2.47 bits per heavy atom. The van der Waals surface area contributed by atoms with Crippen LogP contribution in [-0.2, 0) is 9.84 Å². The van der Waals surface area contributed by atoms with Gasteiger partial charge >= 0.3 is 0 Å². The molecule has 3 nitrogen and oxygen atoms in total. The van der Waals surface area contributed by atoms with E-state index in [4.69, 9.17) is 0 Å². The maximum absolute atomic E-state index is 12.0. The van der Waals surface area contributed by atoms with Crippen molar-refractivity contribution >= 4 is 25.8 Å². The normalized spacial score (nSPS) is 14.4. The topological polar surface area (TPSA) is 46.2 Å². The fourth-order valence-electron chi connectivity index (χ4n) is 1.61. The summed E-state index contributed by atoms with van der Waals surface area (Å²) in [6.07, 6.45) is 0. The predicted molar refractivity (Wildman–Crippen MR) is 84.1 cm³/mol. The Balaban J connectivity index is 2.55. The third-order valence-electron chi connectivity index (χ3n) is 3.10. The summed E-state index contributed by atoms with van der Waals surface area (Å²) < 4.78 is 24.3. The van der Waals surface area contributed by atoms with Gasteiger partial charge in [0.1, 0.15) is 0 Å². The van der Waals surface area contributed by atoms with E-state index in [2.05, 4.69) is 21.2 Å². The molecule has 0 aliphatic carbocycles. The molecule has 108 valence electrons. The van der Waals surface area contributed by atoms with Gasteiger partial charge in [-0.05, 0) is 45.4 Å². The lowest BCUT2D eigenvalue weighted by atomic mass is 10.1. The monoisotopic (exact) mass is 347 g/mol. The third-order valence-corrected chi connectivity index (χ3v) is 6.20. The molecule has 0 spiro atoms. The van der Waals surface area contributed by atoms with Crippen molar-refractivity contribution in [2.75, 3.05) is 12.3 Å². The standard InChI is InChI=1S/C14H22BrNO2S/c1-11(12-6-5-7-13(15)10-12)16-8-9-19(17,18)14(2,3)4/h5-7,10-11,16H,8-9H2,1-4H3/t11-/m0/s1. The van der Waals surface area contributed by atoms with Gasteiger partial charge in [0.15, 0.2) is 9.84 Å². The van der Waals surface area contributed by atoms with Crippen molar-refractivity contribution in [3.05, 3.63) is 34.3 Å². The van der Waals surface area contributed by atoms with Crippen molar-refractivity contribution in [3.63, 3.8) is 0 Å². The summed E-state index contributed by atoms with van der Waals surface area (Å²) in [5, 5.41) is 3.25. The molecule has 0 fully saturated rings. The number of benzene rings is 1. The Bertz CT molecular complexity index is 520. The lowest BCUT2D eigenvalue weighted by Gasteiger charge is -2.20. The first-order valence-corrected chi connectivity index (χ1v) is 8.79. The number of hydrogen-bond acceptors (Lipinski definition) is 3. The minimum atomic E-state index is -3.06. The minimum Gasteiger partial charge on any atom is -0.309 e. The fraction of sp³-hybridized carbons (Fsp3) is 0.571. The van der Waals surface area contributed by atoms with E-state index in [0.717, 1.165) is 10.0 Å². The molecule has 0 aliphatic rings. The second-order valence-corrected chi connectivity index (χ2v) is 9.44. The molecule has 0 bridgehead atoms. The van der Waals surface area contributed by atoms with Crippen LogP contribution in [0.4, 0.5) is 0 Å². The van der Waals surface area contributed by atoms with Gasteiger partial charge in [-0.1, -0.05) is 28.1 Å². The van der Waals surface area contributed by atoms with Crippen LogP contribution >= 0.6 is 15.9 Å². The molecule has 1 atom stereocenters. The maximum Gasteiger partial charge on any atom is 0.156 e. The Labute approximate surface area is 124 Å². The number of sulfone groups is 1. The molecule has 0 aliphatic heterocycles. The van der Waals surface area contributed by atoms with E-state index >= 15 is 0 Å². The molecule has 0 saturated heterocycles. The van der Waals surface area contributed by atoms with Crippen molar-refractivity contribution in [3.8, 4) is 0 Å². The Morgan fingerprint density at radius 2 is 1.95 bits per heavy atom. The van der Waals surface area contributed by atoms with Crippen LogP contribution in [0.2, 0.25) is 0 Å². The van der Waals surface area contributed by atoms with Gasteiger partial charge in [-0.15, -0.1) is 0 Å². The van der Waals surface area contributed by atoms with E-state index in [1.165, 1.54) is 0 Å². The first kappa shape index (κ1) is 16.7. The smallest absolute Gasteiger partial charge is 0.156 e. The van der Waals surface area contributed by atoms with Crippen LogP contribution in [0.25, 0.3) is 0 Å². The average molecular weight is 348 g/mol. The largest absolute Gasteiger partial charge is 0.309 e. The van der Waals surface area contributed by atoms with Crippen molar-refractivity contribution in [1.29, 1.82) is 0 Å². The summed E-state index contributed by atoms with van der Waals surface area (Å²) in [5.74, 6) is 0.162. The summed E-state index contributed by atoms with van der Waals surface area (Å²) in [4.78, 5) is 0. The first-order valence-electron chi connectivity index (χ1n) is 6.34. The van der Waals surface area contributed by atoms with Crippen LogP contribution in [0.5, 0.6) is 0 Å². The molecule has 0 heterocycles. The highest BCUT2D eigenvalue weighted by atomic mass is 79.9. The van der Waals surface area contributed by atoms with Crippen molar-refractivity contribution in [2.45, 2.75) is 38.5 Å². The van der Waals surface area contributed by atoms with Gasteiger partial charge in [0, 0.05) is 17.1 Å². The van der Waals surface area contributed by atoms with Crippen LogP contribution in [0.3, 0.4) is 0 Å². The fourth-order valence-corrected chi connectivity index (χ4v) is 3.03. The molecule has 0 radical (unpaired) electrons. The zero-order valence-corrected chi connectivity index (χ0v) is 14.3. The molecule has 19 heavy (non-hydrogen) atoms. The van der Waals surface area contributed by atoms with Crippen LogP contribution in [0.15, 0.2) is 28.7 Å².